The third kappa shape index (κ3) is 5.30. The first-order valence-corrected chi connectivity index (χ1v) is 10.7. The summed E-state index contributed by atoms with van der Waals surface area (Å²) in [6, 6.07) is 1.99. The lowest BCUT2D eigenvalue weighted by atomic mass is 10.1. The Morgan fingerprint density at radius 2 is 1.74 bits per heavy atom. The van der Waals surface area contributed by atoms with Gasteiger partial charge in [0.15, 0.2) is 17.5 Å². The predicted molar refractivity (Wildman–Crippen MR) is 110 cm³/mol. The Kier molecular flexibility index (Phi) is 6.46. The van der Waals surface area contributed by atoms with Gasteiger partial charge in [0.05, 0.1) is 5.56 Å². The fraction of sp³-hybridized carbons (Fsp3) is 0.238. The Hall–Kier alpha value is -3.61. The van der Waals surface area contributed by atoms with Crippen molar-refractivity contribution in [2.24, 2.45) is 0 Å². The van der Waals surface area contributed by atoms with Gasteiger partial charge in [0.25, 0.3) is 5.91 Å². The molecule has 178 valence electrons. The smallest absolute Gasteiger partial charge is 0.412 e. The number of hydrogen-bond acceptors (Lipinski definition) is 6. The van der Waals surface area contributed by atoms with E-state index >= 15 is 0 Å². The molecule has 0 bridgehead atoms. The Morgan fingerprint density at radius 3 is 2.41 bits per heavy atom. The lowest BCUT2D eigenvalue weighted by Crippen LogP contribution is -2.40. The van der Waals surface area contributed by atoms with Crippen molar-refractivity contribution in [3.05, 3.63) is 75.5 Å². The molecular weight excluding hydrogens is 483 g/mol. The molecule has 2 amide bonds. The number of amides is 2. The molecule has 0 unspecified atom stereocenters. The van der Waals surface area contributed by atoms with E-state index in [2.05, 4.69) is 20.3 Å². The quantitative estimate of drug-likeness (QED) is 0.270. The van der Waals surface area contributed by atoms with Crippen LogP contribution in [0.25, 0.3) is 0 Å². The van der Waals surface area contributed by atoms with E-state index < -0.39 is 47.7 Å². The summed E-state index contributed by atoms with van der Waals surface area (Å²) in [7, 11) is 0. The zero-order valence-corrected chi connectivity index (χ0v) is 17.9. The molecule has 2 aromatic carbocycles. The first-order chi connectivity index (χ1) is 16.1. The van der Waals surface area contributed by atoms with Gasteiger partial charge in [0.2, 0.25) is 5.13 Å². The summed E-state index contributed by atoms with van der Waals surface area (Å²) in [4.78, 5) is 24.0. The molecule has 1 aliphatic rings. The minimum absolute atomic E-state index is 0.275. The molecule has 1 fully saturated rings. The van der Waals surface area contributed by atoms with Crippen molar-refractivity contribution in [3.63, 3.8) is 0 Å². The third-order valence-corrected chi connectivity index (χ3v) is 5.81. The first kappa shape index (κ1) is 23.5. The van der Waals surface area contributed by atoms with Crippen LogP contribution < -0.4 is 10.6 Å². The van der Waals surface area contributed by atoms with Crippen LogP contribution in [0.2, 0.25) is 0 Å². The molecule has 0 atom stereocenters. The van der Waals surface area contributed by atoms with Crippen LogP contribution >= 0.6 is 11.3 Å². The molecule has 2 N–H and O–H groups in total. The fourth-order valence-corrected chi connectivity index (χ4v) is 3.76. The summed E-state index contributed by atoms with van der Waals surface area (Å²) in [6.07, 6.45) is 0.492. The third-order valence-electron chi connectivity index (χ3n) is 4.81. The topological polar surface area (TPSA) is 93.2 Å². The minimum Gasteiger partial charge on any atom is -0.445 e. The highest BCUT2D eigenvalue weighted by Gasteiger charge is 2.39. The lowest BCUT2D eigenvalue weighted by Gasteiger charge is -2.19. The lowest BCUT2D eigenvalue weighted by molar-refractivity contribution is -0.0424. The zero-order valence-electron chi connectivity index (χ0n) is 17.1. The van der Waals surface area contributed by atoms with Gasteiger partial charge in [-0.1, -0.05) is 23.5 Å². The van der Waals surface area contributed by atoms with E-state index in [1.165, 1.54) is 35.6 Å². The second-order valence-electron chi connectivity index (χ2n) is 7.37. The summed E-state index contributed by atoms with van der Waals surface area (Å²) in [5, 5.41) is 12.9. The van der Waals surface area contributed by atoms with Gasteiger partial charge in [-0.2, -0.15) is 8.78 Å². The zero-order chi connectivity index (χ0) is 24.5. The number of alkyl carbamates (subject to hydrolysis) is 1. The maximum atomic E-state index is 14.1. The van der Waals surface area contributed by atoms with E-state index in [4.69, 9.17) is 0 Å². The summed E-state index contributed by atoms with van der Waals surface area (Å²) < 4.78 is 72.6. The highest BCUT2D eigenvalue weighted by atomic mass is 32.1. The number of carbonyl (C=O) groups excluding carboxylic acids is 2. The molecule has 1 heterocycles. The second-order valence-corrected chi connectivity index (χ2v) is 8.38. The molecule has 1 saturated carbocycles. The number of halogens is 5. The van der Waals surface area contributed by atoms with Gasteiger partial charge in [-0.25, -0.2) is 18.0 Å². The highest BCUT2D eigenvalue weighted by Crippen LogP contribution is 2.42. The Labute approximate surface area is 193 Å². The van der Waals surface area contributed by atoms with Gasteiger partial charge < -0.3 is 4.74 Å². The molecular formula is C21H15F5N4O3S. The SMILES string of the molecule is O=C(NC(F)(F)c1ccc(F)c(F)c1F)OCc1ccc(C(=O)Nc2nnc(C3CC3)s2)cc1. The van der Waals surface area contributed by atoms with E-state index in [1.54, 1.807) is 0 Å². The first-order valence-electron chi connectivity index (χ1n) is 9.84. The van der Waals surface area contributed by atoms with Crippen molar-refractivity contribution >= 4 is 28.5 Å². The van der Waals surface area contributed by atoms with Gasteiger partial charge in [-0.05, 0) is 42.7 Å². The molecule has 1 aliphatic carbocycles. The second kappa shape index (κ2) is 9.33. The molecule has 4 rings (SSSR count). The predicted octanol–water partition coefficient (Wildman–Crippen LogP) is 5.06. The Bertz CT molecular complexity index is 1230. The summed E-state index contributed by atoms with van der Waals surface area (Å²) in [5.74, 6) is -5.89. The number of aromatic nitrogens is 2. The van der Waals surface area contributed by atoms with Crippen LogP contribution in [0.3, 0.4) is 0 Å². The van der Waals surface area contributed by atoms with E-state index in [-0.39, 0.29) is 5.56 Å². The van der Waals surface area contributed by atoms with Gasteiger partial charge in [-0.15, -0.1) is 10.2 Å². The van der Waals surface area contributed by atoms with Gasteiger partial charge in [0, 0.05) is 11.5 Å². The van der Waals surface area contributed by atoms with E-state index in [9.17, 15) is 31.5 Å². The molecule has 3 aromatic rings. The van der Waals surface area contributed by atoms with E-state index in [0.29, 0.717) is 28.7 Å². The van der Waals surface area contributed by atoms with Crippen molar-refractivity contribution in [1.82, 2.24) is 15.5 Å². The van der Waals surface area contributed by atoms with Crippen LogP contribution in [0.5, 0.6) is 0 Å². The van der Waals surface area contributed by atoms with Crippen molar-refractivity contribution in [2.75, 3.05) is 5.32 Å². The van der Waals surface area contributed by atoms with E-state index in [1.807, 2.05) is 0 Å². The summed E-state index contributed by atoms with van der Waals surface area (Å²) >= 11 is 1.30. The van der Waals surface area contributed by atoms with Crippen molar-refractivity contribution in [2.45, 2.75) is 31.4 Å². The van der Waals surface area contributed by atoms with Crippen LogP contribution in [0, 0.1) is 17.5 Å². The number of rotatable bonds is 7. The molecule has 13 heteroatoms. The van der Waals surface area contributed by atoms with Crippen LogP contribution in [0.15, 0.2) is 36.4 Å². The number of alkyl halides is 2. The molecule has 0 spiro atoms. The average Bonchev–Trinajstić information content (AvgIpc) is 3.55. The number of nitrogens with one attached hydrogen (secondary N) is 2. The molecule has 7 nitrogen and oxygen atoms in total. The molecule has 0 aliphatic heterocycles. The molecule has 0 radical (unpaired) electrons. The molecule has 0 saturated heterocycles. The van der Waals surface area contributed by atoms with Crippen molar-refractivity contribution in [1.29, 1.82) is 0 Å². The minimum atomic E-state index is -4.36. The van der Waals surface area contributed by atoms with E-state index in [0.717, 1.165) is 23.2 Å². The Morgan fingerprint density at radius 1 is 1.03 bits per heavy atom. The number of nitrogens with zero attached hydrogens (tertiary/aromatic N) is 2. The van der Waals surface area contributed by atoms with Crippen LogP contribution in [0.4, 0.5) is 31.9 Å². The van der Waals surface area contributed by atoms with Crippen molar-refractivity contribution < 1.29 is 36.3 Å². The maximum absolute atomic E-state index is 14.1. The van der Waals surface area contributed by atoms with Crippen molar-refractivity contribution in [3.8, 4) is 0 Å². The number of benzene rings is 2. The normalized spacial score (nSPS) is 13.4. The van der Waals surface area contributed by atoms with Crippen LogP contribution in [-0.4, -0.2) is 22.2 Å². The van der Waals surface area contributed by atoms with Gasteiger partial charge in [0.1, 0.15) is 11.6 Å². The molecule has 1 aromatic heterocycles. The number of ether oxygens (including phenoxy) is 1. The fourth-order valence-electron chi connectivity index (χ4n) is 2.85. The highest BCUT2D eigenvalue weighted by molar-refractivity contribution is 7.15. The average molecular weight is 498 g/mol. The van der Waals surface area contributed by atoms with Crippen LogP contribution in [0.1, 0.15) is 45.3 Å². The van der Waals surface area contributed by atoms with Gasteiger partial charge in [-0.3, -0.25) is 15.4 Å². The number of carbonyl (C=O) groups is 2. The summed E-state index contributed by atoms with van der Waals surface area (Å²) in [5.41, 5.74) is -0.920. The largest absolute Gasteiger partial charge is 0.445 e. The summed E-state index contributed by atoms with van der Waals surface area (Å²) in [6.45, 7) is -0.453. The van der Waals surface area contributed by atoms with Gasteiger partial charge >= 0.3 is 12.1 Å². The maximum Gasteiger partial charge on any atom is 0.412 e. The monoisotopic (exact) mass is 498 g/mol. The Balaban J connectivity index is 1.30. The van der Waals surface area contributed by atoms with Crippen LogP contribution in [-0.2, 0) is 17.4 Å². The number of anilines is 1. The molecule has 34 heavy (non-hydrogen) atoms. The number of hydrogen-bond donors (Lipinski definition) is 2. The standard InChI is InChI=1S/C21H15F5N4O3S/c22-14-8-7-13(15(23)16(14)24)21(25,26)28-20(32)33-9-10-1-3-11(4-2-10)17(31)27-19-30-29-18(34-19)12-5-6-12/h1-4,7-8,12H,5-6,9H2,(H,28,32)(H,27,30,31).